The molecule has 0 bridgehead atoms. The Labute approximate surface area is 107 Å². The van der Waals surface area contributed by atoms with Gasteiger partial charge < -0.3 is 4.74 Å². The van der Waals surface area contributed by atoms with Crippen molar-refractivity contribution >= 4 is 15.9 Å². The van der Waals surface area contributed by atoms with Crippen LogP contribution in [0.15, 0.2) is 35.4 Å². The number of aryl methyl sites for hydroxylation is 1. The molecule has 5 nitrogen and oxygen atoms in total. The van der Waals surface area contributed by atoms with Crippen LogP contribution in [-0.2, 0) is 6.54 Å². The summed E-state index contributed by atoms with van der Waals surface area (Å²) in [6.45, 7) is 0.558. The second kappa shape index (κ2) is 5.18. The third-order valence-electron chi connectivity index (χ3n) is 2.38. The molecule has 0 saturated carbocycles. The molecule has 90 valence electrons. The topological polar surface area (TPSA) is 49.0 Å². The van der Waals surface area contributed by atoms with E-state index in [0.29, 0.717) is 11.9 Å². The summed E-state index contributed by atoms with van der Waals surface area (Å²) < 4.78 is 7.98. The first-order chi connectivity index (χ1) is 8.26. The molecule has 17 heavy (non-hydrogen) atoms. The molecule has 0 amide bonds. The van der Waals surface area contributed by atoms with Crippen LogP contribution in [0.25, 0.3) is 5.69 Å². The maximum absolute atomic E-state index is 11.9. The highest BCUT2D eigenvalue weighted by Gasteiger charge is 2.05. The summed E-state index contributed by atoms with van der Waals surface area (Å²) in [4.78, 5) is 11.9. The molecule has 6 heteroatoms. The lowest BCUT2D eigenvalue weighted by Gasteiger charge is -2.02. The second-order valence-electron chi connectivity index (χ2n) is 3.39. The normalized spacial score (nSPS) is 10.5. The van der Waals surface area contributed by atoms with Crippen LogP contribution in [0.4, 0.5) is 0 Å². The summed E-state index contributed by atoms with van der Waals surface area (Å²) >= 11 is 3.28. The SMILES string of the molecule is COc1ccc(-n2cnn(CCBr)c2=O)cc1. The molecule has 0 radical (unpaired) electrons. The van der Waals surface area contributed by atoms with Gasteiger partial charge in [-0.1, -0.05) is 15.9 Å². The number of hydrogen-bond acceptors (Lipinski definition) is 3. The molecule has 1 aromatic carbocycles. The van der Waals surface area contributed by atoms with Crippen molar-refractivity contribution in [2.45, 2.75) is 6.54 Å². The van der Waals surface area contributed by atoms with Crippen molar-refractivity contribution in [3.8, 4) is 11.4 Å². The largest absolute Gasteiger partial charge is 0.497 e. The number of rotatable bonds is 4. The van der Waals surface area contributed by atoms with Gasteiger partial charge in [-0.15, -0.1) is 0 Å². The van der Waals surface area contributed by atoms with E-state index in [-0.39, 0.29) is 5.69 Å². The van der Waals surface area contributed by atoms with Crippen LogP contribution in [-0.4, -0.2) is 26.8 Å². The Hall–Kier alpha value is -1.56. The molecule has 0 aliphatic heterocycles. The highest BCUT2D eigenvalue weighted by Crippen LogP contribution is 2.13. The zero-order chi connectivity index (χ0) is 12.3. The summed E-state index contributed by atoms with van der Waals surface area (Å²) in [5.41, 5.74) is 0.631. The molecule has 0 aliphatic rings. The zero-order valence-corrected chi connectivity index (χ0v) is 10.9. The quantitative estimate of drug-likeness (QED) is 0.803. The number of halogens is 1. The summed E-state index contributed by atoms with van der Waals surface area (Å²) in [5, 5.41) is 4.73. The lowest BCUT2D eigenvalue weighted by Crippen LogP contribution is -2.24. The van der Waals surface area contributed by atoms with Crippen molar-refractivity contribution in [3.63, 3.8) is 0 Å². The Morgan fingerprint density at radius 3 is 2.65 bits per heavy atom. The van der Waals surface area contributed by atoms with E-state index in [1.807, 2.05) is 24.3 Å². The molecule has 0 N–H and O–H groups in total. The summed E-state index contributed by atoms with van der Waals surface area (Å²) in [6, 6.07) is 7.26. The molecule has 0 unspecified atom stereocenters. The van der Waals surface area contributed by atoms with Gasteiger partial charge in [-0.3, -0.25) is 0 Å². The fourth-order valence-corrected chi connectivity index (χ4v) is 1.83. The monoisotopic (exact) mass is 297 g/mol. The van der Waals surface area contributed by atoms with Crippen LogP contribution in [0.2, 0.25) is 0 Å². The van der Waals surface area contributed by atoms with Crippen molar-refractivity contribution in [1.82, 2.24) is 14.3 Å². The average Bonchev–Trinajstić information content (AvgIpc) is 2.72. The predicted octanol–water partition coefficient (Wildman–Crippen LogP) is 1.44. The van der Waals surface area contributed by atoms with Gasteiger partial charge in [0.1, 0.15) is 12.1 Å². The summed E-state index contributed by atoms with van der Waals surface area (Å²) in [7, 11) is 1.61. The van der Waals surface area contributed by atoms with Crippen LogP contribution in [0.5, 0.6) is 5.75 Å². The Bertz CT molecular complexity index is 545. The predicted molar refractivity (Wildman–Crippen MR) is 68.2 cm³/mol. The molecule has 0 spiro atoms. The molecule has 0 saturated heterocycles. The highest BCUT2D eigenvalue weighted by molar-refractivity contribution is 9.09. The summed E-state index contributed by atoms with van der Waals surface area (Å²) in [6.07, 6.45) is 1.52. The van der Waals surface area contributed by atoms with Crippen molar-refractivity contribution < 1.29 is 4.74 Å². The molecule has 0 fully saturated rings. The maximum Gasteiger partial charge on any atom is 0.350 e. The van der Waals surface area contributed by atoms with E-state index in [9.17, 15) is 4.79 Å². The Balaban J connectivity index is 2.36. The minimum absolute atomic E-state index is 0.144. The van der Waals surface area contributed by atoms with E-state index >= 15 is 0 Å². The van der Waals surface area contributed by atoms with Crippen molar-refractivity contribution in [2.75, 3.05) is 12.4 Å². The molecule has 1 heterocycles. The number of aromatic nitrogens is 3. The minimum atomic E-state index is -0.144. The van der Waals surface area contributed by atoms with Crippen LogP contribution < -0.4 is 10.4 Å². The summed E-state index contributed by atoms with van der Waals surface area (Å²) in [5.74, 6) is 0.759. The van der Waals surface area contributed by atoms with Crippen LogP contribution in [0.1, 0.15) is 0 Å². The second-order valence-corrected chi connectivity index (χ2v) is 4.19. The number of ether oxygens (including phenoxy) is 1. The van der Waals surface area contributed by atoms with Crippen molar-refractivity contribution in [3.05, 3.63) is 41.1 Å². The Kier molecular flexibility index (Phi) is 3.63. The van der Waals surface area contributed by atoms with E-state index in [4.69, 9.17) is 4.74 Å². The smallest absolute Gasteiger partial charge is 0.350 e. The number of benzene rings is 1. The molecule has 2 aromatic rings. The third-order valence-corrected chi connectivity index (χ3v) is 2.73. The average molecular weight is 298 g/mol. The van der Waals surface area contributed by atoms with Gasteiger partial charge in [-0.25, -0.2) is 14.0 Å². The molecule has 1 aromatic heterocycles. The lowest BCUT2D eigenvalue weighted by molar-refractivity contribution is 0.414. The van der Waals surface area contributed by atoms with Gasteiger partial charge in [0, 0.05) is 5.33 Å². The van der Waals surface area contributed by atoms with Gasteiger partial charge in [-0.05, 0) is 24.3 Å². The number of alkyl halides is 1. The molecule has 2 rings (SSSR count). The molecule has 0 aliphatic carbocycles. The standard InChI is InChI=1S/C11H12BrN3O2/c1-17-10-4-2-9(3-5-10)14-8-13-15(7-6-12)11(14)16/h2-5,8H,6-7H2,1H3. The van der Waals surface area contributed by atoms with Crippen LogP contribution in [0, 0.1) is 0 Å². The van der Waals surface area contributed by atoms with Gasteiger partial charge in [-0.2, -0.15) is 5.10 Å². The van der Waals surface area contributed by atoms with Crippen molar-refractivity contribution in [1.29, 1.82) is 0 Å². The van der Waals surface area contributed by atoms with E-state index in [1.54, 1.807) is 7.11 Å². The first-order valence-electron chi connectivity index (χ1n) is 5.11. The first kappa shape index (κ1) is 11.9. The fraction of sp³-hybridized carbons (Fsp3) is 0.273. The fourth-order valence-electron chi connectivity index (χ4n) is 1.49. The van der Waals surface area contributed by atoms with Gasteiger partial charge in [0.25, 0.3) is 0 Å². The Morgan fingerprint density at radius 1 is 1.35 bits per heavy atom. The molecular formula is C11H12BrN3O2. The Morgan fingerprint density at radius 2 is 2.06 bits per heavy atom. The van der Waals surface area contributed by atoms with Crippen molar-refractivity contribution in [2.24, 2.45) is 0 Å². The van der Waals surface area contributed by atoms with E-state index in [1.165, 1.54) is 15.6 Å². The van der Waals surface area contributed by atoms with Crippen LogP contribution in [0.3, 0.4) is 0 Å². The minimum Gasteiger partial charge on any atom is -0.497 e. The van der Waals surface area contributed by atoms with Gasteiger partial charge in [0.2, 0.25) is 0 Å². The molecular weight excluding hydrogens is 286 g/mol. The van der Waals surface area contributed by atoms with Crippen LogP contribution >= 0.6 is 15.9 Å². The van der Waals surface area contributed by atoms with E-state index in [0.717, 1.165) is 11.4 Å². The van der Waals surface area contributed by atoms with Gasteiger partial charge >= 0.3 is 5.69 Å². The van der Waals surface area contributed by atoms with Gasteiger partial charge in [0.05, 0.1) is 19.3 Å². The zero-order valence-electron chi connectivity index (χ0n) is 9.34. The lowest BCUT2D eigenvalue weighted by atomic mass is 10.3. The number of nitrogens with zero attached hydrogens (tertiary/aromatic N) is 3. The molecule has 0 atom stereocenters. The van der Waals surface area contributed by atoms with E-state index in [2.05, 4.69) is 21.0 Å². The third kappa shape index (κ3) is 2.41. The van der Waals surface area contributed by atoms with Gasteiger partial charge in [0.15, 0.2) is 0 Å². The highest BCUT2D eigenvalue weighted by atomic mass is 79.9. The van der Waals surface area contributed by atoms with E-state index < -0.39 is 0 Å². The first-order valence-corrected chi connectivity index (χ1v) is 6.23. The number of hydrogen-bond donors (Lipinski definition) is 0. The number of methoxy groups -OCH3 is 1. The maximum atomic E-state index is 11.9.